The first kappa shape index (κ1) is 23.1. The molecule has 4 rings (SSSR count). The van der Waals surface area contributed by atoms with Crippen LogP contribution in [0.5, 0.6) is 5.75 Å². The van der Waals surface area contributed by atoms with Crippen LogP contribution in [-0.2, 0) is 17.9 Å². The molecule has 0 spiro atoms. The lowest BCUT2D eigenvalue weighted by molar-refractivity contribution is -0.113. The third-order valence-electron chi connectivity index (χ3n) is 5.15. The van der Waals surface area contributed by atoms with Crippen molar-refractivity contribution in [1.82, 2.24) is 14.8 Å². The Morgan fingerprint density at radius 2 is 2.00 bits per heavy atom. The van der Waals surface area contributed by atoms with Gasteiger partial charge in [-0.25, -0.2) is 4.39 Å². The monoisotopic (exact) mass is 484 g/mol. The van der Waals surface area contributed by atoms with Crippen molar-refractivity contribution in [3.63, 3.8) is 0 Å². The van der Waals surface area contributed by atoms with Crippen molar-refractivity contribution in [3.05, 3.63) is 76.8 Å². The molecule has 1 aromatic heterocycles. The number of anilines is 1. The third kappa shape index (κ3) is 5.29. The fourth-order valence-corrected chi connectivity index (χ4v) is 4.46. The number of hydrogen-bond donors (Lipinski definition) is 1. The second-order valence-electron chi connectivity index (χ2n) is 7.31. The van der Waals surface area contributed by atoms with Crippen LogP contribution in [0.25, 0.3) is 10.8 Å². The Hall–Kier alpha value is -3.10. The Kier molecular flexibility index (Phi) is 7.15. The van der Waals surface area contributed by atoms with E-state index in [-0.39, 0.29) is 23.3 Å². The minimum Gasteiger partial charge on any atom is -0.485 e. The number of nitrogens with one attached hydrogen (secondary N) is 1. The molecular weight excluding hydrogens is 463 g/mol. The summed E-state index contributed by atoms with van der Waals surface area (Å²) >= 11 is 7.03. The van der Waals surface area contributed by atoms with Crippen molar-refractivity contribution < 1.29 is 13.9 Å². The number of ether oxygens (including phenoxy) is 1. The number of carbonyl (C=O) groups excluding carboxylic acids is 1. The predicted octanol–water partition coefficient (Wildman–Crippen LogP) is 5.86. The second-order valence-corrected chi connectivity index (χ2v) is 8.66. The summed E-state index contributed by atoms with van der Waals surface area (Å²) in [6.07, 6.45) is 0. The van der Waals surface area contributed by atoms with Crippen LogP contribution in [0.15, 0.2) is 59.8 Å². The van der Waals surface area contributed by atoms with Gasteiger partial charge in [0.05, 0.1) is 10.8 Å². The summed E-state index contributed by atoms with van der Waals surface area (Å²) in [4.78, 5) is 12.3. The molecular formula is C24H22ClFN4O2S. The molecule has 1 N–H and O–H groups in total. The van der Waals surface area contributed by atoms with E-state index in [0.717, 1.165) is 16.7 Å². The highest BCUT2D eigenvalue weighted by Crippen LogP contribution is 2.28. The molecule has 3 aromatic carbocycles. The van der Waals surface area contributed by atoms with Crippen LogP contribution in [0.1, 0.15) is 18.3 Å². The number of amides is 1. The van der Waals surface area contributed by atoms with E-state index in [1.54, 1.807) is 0 Å². The van der Waals surface area contributed by atoms with Gasteiger partial charge >= 0.3 is 0 Å². The number of halogens is 2. The van der Waals surface area contributed by atoms with Gasteiger partial charge in [-0.3, -0.25) is 4.79 Å². The van der Waals surface area contributed by atoms with Gasteiger partial charge in [-0.2, -0.15) is 0 Å². The van der Waals surface area contributed by atoms with Gasteiger partial charge in [-0.05, 0) is 54.4 Å². The summed E-state index contributed by atoms with van der Waals surface area (Å²) in [5, 5.41) is 14.1. The lowest BCUT2D eigenvalue weighted by Crippen LogP contribution is -2.15. The fourth-order valence-electron chi connectivity index (χ4n) is 3.46. The van der Waals surface area contributed by atoms with Crippen LogP contribution in [0.2, 0.25) is 5.02 Å². The molecule has 9 heteroatoms. The first-order chi connectivity index (χ1) is 16.0. The Balaban J connectivity index is 1.39. The summed E-state index contributed by atoms with van der Waals surface area (Å²) in [5.74, 6) is 0.813. The highest BCUT2D eigenvalue weighted by Gasteiger charge is 2.15. The number of aryl methyl sites for hydroxylation is 1. The lowest BCUT2D eigenvalue weighted by Gasteiger charge is -2.12. The molecule has 0 saturated carbocycles. The number of nitrogens with zero attached hydrogens (tertiary/aromatic N) is 3. The Morgan fingerprint density at radius 3 is 2.79 bits per heavy atom. The van der Waals surface area contributed by atoms with Gasteiger partial charge in [0.25, 0.3) is 0 Å². The minimum atomic E-state index is -0.534. The summed E-state index contributed by atoms with van der Waals surface area (Å²) in [6.45, 7) is 4.93. The standard InChI is InChI=1S/C24H22ClFN4O2S/c1-3-30-22(13-32-21-11-8-16-6-4-5-7-18(16)15(21)2)28-29-24(30)33-14-23(31)27-17-9-10-20(26)19(25)12-17/h4-12H,3,13-14H2,1-2H3,(H,27,31). The number of thioether (sulfide) groups is 1. The van der Waals surface area contributed by atoms with Crippen LogP contribution < -0.4 is 10.1 Å². The van der Waals surface area contributed by atoms with E-state index >= 15 is 0 Å². The van der Waals surface area contributed by atoms with E-state index in [9.17, 15) is 9.18 Å². The molecule has 0 aliphatic heterocycles. The molecule has 6 nitrogen and oxygen atoms in total. The van der Waals surface area contributed by atoms with E-state index in [1.807, 2.05) is 42.7 Å². The summed E-state index contributed by atoms with van der Waals surface area (Å²) in [6, 6.07) is 16.2. The normalized spacial score (nSPS) is 11.0. The maximum Gasteiger partial charge on any atom is 0.234 e. The largest absolute Gasteiger partial charge is 0.485 e. The zero-order valence-corrected chi connectivity index (χ0v) is 19.7. The van der Waals surface area contributed by atoms with Crippen molar-refractivity contribution >= 4 is 45.7 Å². The van der Waals surface area contributed by atoms with Crippen molar-refractivity contribution in [2.45, 2.75) is 32.2 Å². The van der Waals surface area contributed by atoms with Crippen molar-refractivity contribution in [1.29, 1.82) is 0 Å². The number of fused-ring (bicyclic) bond motifs is 1. The van der Waals surface area contributed by atoms with Crippen LogP contribution in [-0.4, -0.2) is 26.4 Å². The molecule has 0 fully saturated rings. The highest BCUT2D eigenvalue weighted by molar-refractivity contribution is 7.99. The van der Waals surface area contributed by atoms with Gasteiger partial charge in [0, 0.05) is 12.2 Å². The van der Waals surface area contributed by atoms with Crippen molar-refractivity contribution in [3.8, 4) is 5.75 Å². The fraction of sp³-hybridized carbons (Fsp3) is 0.208. The van der Waals surface area contributed by atoms with E-state index in [2.05, 4.69) is 27.6 Å². The lowest BCUT2D eigenvalue weighted by atomic mass is 10.0. The van der Waals surface area contributed by atoms with Crippen LogP contribution in [0, 0.1) is 12.7 Å². The molecule has 0 aliphatic rings. The van der Waals surface area contributed by atoms with Gasteiger partial charge in [0.2, 0.25) is 5.91 Å². The SMILES string of the molecule is CCn1c(COc2ccc3ccccc3c2C)nnc1SCC(=O)Nc1ccc(F)c(Cl)c1. The van der Waals surface area contributed by atoms with Crippen LogP contribution in [0.3, 0.4) is 0 Å². The summed E-state index contributed by atoms with van der Waals surface area (Å²) in [7, 11) is 0. The van der Waals surface area contributed by atoms with E-state index in [4.69, 9.17) is 16.3 Å². The molecule has 170 valence electrons. The van der Waals surface area contributed by atoms with Crippen LogP contribution in [0.4, 0.5) is 10.1 Å². The molecule has 0 radical (unpaired) electrons. The van der Waals surface area contributed by atoms with E-state index in [0.29, 0.717) is 23.2 Å². The zero-order valence-electron chi connectivity index (χ0n) is 18.1. The first-order valence-corrected chi connectivity index (χ1v) is 11.7. The molecule has 33 heavy (non-hydrogen) atoms. The second kappa shape index (κ2) is 10.2. The highest BCUT2D eigenvalue weighted by atomic mass is 35.5. The summed E-state index contributed by atoms with van der Waals surface area (Å²) in [5.41, 5.74) is 1.51. The smallest absolute Gasteiger partial charge is 0.234 e. The topological polar surface area (TPSA) is 69.0 Å². The maximum absolute atomic E-state index is 13.3. The predicted molar refractivity (Wildman–Crippen MR) is 129 cm³/mol. The average Bonchev–Trinajstić information content (AvgIpc) is 3.21. The molecule has 0 saturated heterocycles. The van der Waals surface area contributed by atoms with Gasteiger partial charge < -0.3 is 14.6 Å². The Morgan fingerprint density at radius 1 is 1.18 bits per heavy atom. The van der Waals surface area contributed by atoms with Crippen molar-refractivity contribution in [2.75, 3.05) is 11.1 Å². The minimum absolute atomic E-state index is 0.0440. The van der Waals surface area contributed by atoms with Gasteiger partial charge in [-0.1, -0.05) is 53.7 Å². The molecule has 0 atom stereocenters. The Labute approximate surface area is 200 Å². The molecule has 4 aromatic rings. The summed E-state index contributed by atoms with van der Waals surface area (Å²) < 4.78 is 21.3. The Bertz CT molecular complexity index is 1310. The molecule has 0 unspecified atom stereocenters. The number of carbonyl (C=O) groups is 1. The number of benzene rings is 3. The van der Waals surface area contributed by atoms with Gasteiger partial charge in [-0.15, -0.1) is 10.2 Å². The number of aromatic nitrogens is 3. The van der Waals surface area contributed by atoms with Crippen LogP contribution >= 0.6 is 23.4 Å². The quantitative estimate of drug-likeness (QED) is 0.317. The van der Waals surface area contributed by atoms with Gasteiger partial charge in [0.1, 0.15) is 18.2 Å². The maximum atomic E-state index is 13.3. The molecule has 1 amide bonds. The molecule has 1 heterocycles. The third-order valence-corrected chi connectivity index (χ3v) is 6.41. The average molecular weight is 485 g/mol. The first-order valence-electron chi connectivity index (χ1n) is 10.4. The molecule has 0 aliphatic carbocycles. The van der Waals surface area contributed by atoms with Crippen molar-refractivity contribution in [2.24, 2.45) is 0 Å². The zero-order chi connectivity index (χ0) is 23.4. The number of rotatable bonds is 8. The van der Waals surface area contributed by atoms with E-state index < -0.39 is 5.82 Å². The van der Waals surface area contributed by atoms with E-state index in [1.165, 1.54) is 35.3 Å². The molecule has 0 bridgehead atoms. The number of hydrogen-bond acceptors (Lipinski definition) is 5. The van der Waals surface area contributed by atoms with Gasteiger partial charge in [0.15, 0.2) is 11.0 Å².